The molecule has 14 heavy (non-hydrogen) atoms. The fourth-order valence-corrected chi connectivity index (χ4v) is 2.14. The smallest absolute Gasteiger partial charge is 0.310 e. The van der Waals surface area contributed by atoms with Crippen molar-refractivity contribution in [2.24, 2.45) is 0 Å². The molecule has 0 bridgehead atoms. The average molecular weight is 257 g/mol. The molecule has 0 fully saturated rings. The maximum absolute atomic E-state index is 10.9. The zero-order chi connectivity index (χ0) is 10.7. The summed E-state index contributed by atoms with van der Waals surface area (Å²) in [5, 5.41) is 8.99. The quantitative estimate of drug-likeness (QED) is 0.901. The number of rotatable bonds is 3. The molecule has 0 aliphatic heterocycles. The molecule has 2 nitrogen and oxygen atoms in total. The summed E-state index contributed by atoms with van der Waals surface area (Å²) < 4.78 is 0.937. The summed E-state index contributed by atoms with van der Waals surface area (Å²) in [6, 6.07) is 5.76. The standard InChI is InChI=1S/C11H13BrO2/c1-3-10(11(13)14)8-4-7(2)5-9(12)6-8/h4-6,10H,3H2,1-2H3,(H,13,14). The fraction of sp³-hybridized carbons (Fsp3) is 0.364. The zero-order valence-electron chi connectivity index (χ0n) is 8.25. The van der Waals surface area contributed by atoms with Crippen LogP contribution in [0.2, 0.25) is 0 Å². The molecule has 1 atom stereocenters. The molecule has 1 unspecified atom stereocenters. The second-order valence-electron chi connectivity index (χ2n) is 3.36. The third kappa shape index (κ3) is 2.58. The normalized spacial score (nSPS) is 12.5. The molecule has 0 aliphatic carbocycles. The number of aliphatic carboxylic acids is 1. The lowest BCUT2D eigenvalue weighted by Crippen LogP contribution is -2.10. The van der Waals surface area contributed by atoms with Gasteiger partial charge < -0.3 is 5.11 Å². The van der Waals surface area contributed by atoms with Gasteiger partial charge >= 0.3 is 5.97 Å². The van der Waals surface area contributed by atoms with Crippen molar-refractivity contribution >= 4 is 21.9 Å². The van der Waals surface area contributed by atoms with E-state index in [9.17, 15) is 4.79 Å². The third-order valence-corrected chi connectivity index (χ3v) is 2.63. The Morgan fingerprint density at radius 3 is 2.57 bits per heavy atom. The monoisotopic (exact) mass is 256 g/mol. The SMILES string of the molecule is CCC(C(=O)O)c1cc(C)cc(Br)c1. The molecule has 0 aromatic heterocycles. The highest BCUT2D eigenvalue weighted by Gasteiger charge is 2.17. The van der Waals surface area contributed by atoms with E-state index >= 15 is 0 Å². The highest BCUT2D eigenvalue weighted by atomic mass is 79.9. The number of carbonyl (C=O) groups is 1. The van der Waals surface area contributed by atoms with Crippen molar-refractivity contribution in [1.82, 2.24) is 0 Å². The van der Waals surface area contributed by atoms with Crippen LogP contribution in [-0.2, 0) is 4.79 Å². The lowest BCUT2D eigenvalue weighted by molar-refractivity contribution is -0.138. The van der Waals surface area contributed by atoms with Gasteiger partial charge in [0.15, 0.2) is 0 Å². The van der Waals surface area contributed by atoms with E-state index in [4.69, 9.17) is 5.11 Å². The topological polar surface area (TPSA) is 37.3 Å². The van der Waals surface area contributed by atoms with Crippen molar-refractivity contribution in [3.63, 3.8) is 0 Å². The van der Waals surface area contributed by atoms with Crippen molar-refractivity contribution in [2.45, 2.75) is 26.2 Å². The Morgan fingerprint density at radius 2 is 2.14 bits per heavy atom. The predicted molar refractivity (Wildman–Crippen MR) is 59.5 cm³/mol. The van der Waals surface area contributed by atoms with Crippen LogP contribution in [0.3, 0.4) is 0 Å². The molecule has 0 aliphatic rings. The van der Waals surface area contributed by atoms with Crippen LogP contribution in [-0.4, -0.2) is 11.1 Å². The van der Waals surface area contributed by atoms with Gasteiger partial charge in [0.25, 0.3) is 0 Å². The van der Waals surface area contributed by atoms with E-state index in [2.05, 4.69) is 15.9 Å². The lowest BCUT2D eigenvalue weighted by atomic mass is 9.95. The Kier molecular flexibility index (Phi) is 3.69. The maximum Gasteiger partial charge on any atom is 0.310 e. The molecule has 0 heterocycles. The van der Waals surface area contributed by atoms with Gasteiger partial charge in [-0.3, -0.25) is 4.79 Å². The Balaban J connectivity index is 3.10. The van der Waals surface area contributed by atoms with E-state index in [0.29, 0.717) is 6.42 Å². The van der Waals surface area contributed by atoms with E-state index in [1.165, 1.54) is 0 Å². The van der Waals surface area contributed by atoms with Gasteiger partial charge in [-0.1, -0.05) is 28.9 Å². The fourth-order valence-electron chi connectivity index (χ4n) is 1.52. The average Bonchev–Trinajstić information content (AvgIpc) is 2.02. The van der Waals surface area contributed by atoms with Crippen LogP contribution in [0, 0.1) is 6.92 Å². The van der Waals surface area contributed by atoms with Gasteiger partial charge in [0.05, 0.1) is 5.92 Å². The third-order valence-electron chi connectivity index (χ3n) is 2.17. The largest absolute Gasteiger partial charge is 0.481 e. The summed E-state index contributed by atoms with van der Waals surface area (Å²) >= 11 is 3.37. The number of benzene rings is 1. The van der Waals surface area contributed by atoms with Gasteiger partial charge in [-0.25, -0.2) is 0 Å². The van der Waals surface area contributed by atoms with Crippen molar-refractivity contribution in [3.8, 4) is 0 Å². The highest BCUT2D eigenvalue weighted by molar-refractivity contribution is 9.10. The van der Waals surface area contributed by atoms with Gasteiger partial charge in [-0.2, -0.15) is 0 Å². The first kappa shape index (κ1) is 11.2. The second-order valence-corrected chi connectivity index (χ2v) is 4.28. The molecule has 3 heteroatoms. The Labute approximate surface area is 92.1 Å². The van der Waals surface area contributed by atoms with Crippen LogP contribution in [0.4, 0.5) is 0 Å². The van der Waals surface area contributed by atoms with Gasteiger partial charge in [0, 0.05) is 4.47 Å². The second kappa shape index (κ2) is 4.60. The molecular formula is C11H13BrO2. The van der Waals surface area contributed by atoms with Crippen molar-refractivity contribution in [2.75, 3.05) is 0 Å². The summed E-state index contributed by atoms with van der Waals surface area (Å²) in [7, 11) is 0. The van der Waals surface area contributed by atoms with Crippen LogP contribution >= 0.6 is 15.9 Å². The van der Waals surface area contributed by atoms with Gasteiger partial charge in [0.2, 0.25) is 0 Å². The zero-order valence-corrected chi connectivity index (χ0v) is 9.84. The molecular weight excluding hydrogens is 244 g/mol. The number of aryl methyl sites for hydroxylation is 1. The summed E-state index contributed by atoms with van der Waals surface area (Å²) in [6.07, 6.45) is 0.616. The van der Waals surface area contributed by atoms with E-state index in [-0.39, 0.29) is 0 Å². The molecule has 0 spiro atoms. The van der Waals surface area contributed by atoms with Crippen LogP contribution in [0.5, 0.6) is 0 Å². The van der Waals surface area contributed by atoms with Crippen molar-refractivity contribution in [3.05, 3.63) is 33.8 Å². The molecule has 1 N–H and O–H groups in total. The van der Waals surface area contributed by atoms with Crippen LogP contribution in [0.15, 0.2) is 22.7 Å². The van der Waals surface area contributed by atoms with Crippen molar-refractivity contribution < 1.29 is 9.90 Å². The highest BCUT2D eigenvalue weighted by Crippen LogP contribution is 2.24. The summed E-state index contributed by atoms with van der Waals surface area (Å²) in [6.45, 7) is 3.85. The molecule has 76 valence electrons. The molecule has 1 aromatic rings. The van der Waals surface area contributed by atoms with Crippen LogP contribution < -0.4 is 0 Å². The van der Waals surface area contributed by atoms with E-state index in [1.807, 2.05) is 32.0 Å². The van der Waals surface area contributed by atoms with E-state index in [1.54, 1.807) is 0 Å². The minimum absolute atomic E-state index is 0.397. The number of hydrogen-bond donors (Lipinski definition) is 1. The predicted octanol–water partition coefficient (Wildman–Crippen LogP) is 3.34. The molecule has 0 amide bonds. The number of halogens is 1. The van der Waals surface area contributed by atoms with Gasteiger partial charge in [-0.15, -0.1) is 0 Å². The maximum atomic E-state index is 10.9. The minimum Gasteiger partial charge on any atom is -0.481 e. The molecule has 1 aromatic carbocycles. The number of carboxylic acid groups (broad SMARTS) is 1. The van der Waals surface area contributed by atoms with Crippen LogP contribution in [0.1, 0.15) is 30.4 Å². The van der Waals surface area contributed by atoms with Gasteiger partial charge in [-0.05, 0) is 36.6 Å². The Morgan fingerprint density at radius 1 is 1.50 bits per heavy atom. The van der Waals surface area contributed by atoms with Crippen molar-refractivity contribution in [1.29, 1.82) is 0 Å². The Bertz CT molecular complexity index is 327. The van der Waals surface area contributed by atoms with E-state index in [0.717, 1.165) is 15.6 Å². The van der Waals surface area contributed by atoms with Gasteiger partial charge in [0.1, 0.15) is 0 Å². The number of carboxylic acids is 1. The summed E-state index contributed by atoms with van der Waals surface area (Å²) in [5.74, 6) is -1.16. The Hall–Kier alpha value is -0.830. The first-order valence-electron chi connectivity index (χ1n) is 4.54. The van der Waals surface area contributed by atoms with E-state index < -0.39 is 11.9 Å². The first-order valence-corrected chi connectivity index (χ1v) is 5.33. The number of hydrogen-bond acceptors (Lipinski definition) is 1. The molecule has 0 radical (unpaired) electrons. The minimum atomic E-state index is -0.759. The summed E-state index contributed by atoms with van der Waals surface area (Å²) in [4.78, 5) is 10.9. The summed E-state index contributed by atoms with van der Waals surface area (Å²) in [5.41, 5.74) is 1.95. The first-order chi connectivity index (χ1) is 6.54. The molecule has 0 saturated heterocycles. The molecule has 1 rings (SSSR count). The molecule has 0 saturated carbocycles. The van der Waals surface area contributed by atoms with Crippen LogP contribution in [0.25, 0.3) is 0 Å². The lowest BCUT2D eigenvalue weighted by Gasteiger charge is -2.11.